The molecule has 1 aliphatic heterocycles. The molecule has 2 saturated carbocycles. The molecule has 0 aromatic heterocycles. The number of amides is 1. The van der Waals surface area contributed by atoms with Crippen LogP contribution in [-0.4, -0.2) is 23.7 Å². The van der Waals surface area contributed by atoms with Crippen LogP contribution in [0.2, 0.25) is 0 Å². The normalized spacial score (nSPS) is 27.9. The lowest BCUT2D eigenvalue weighted by Gasteiger charge is -2.38. The van der Waals surface area contributed by atoms with E-state index in [1.807, 2.05) is 6.07 Å². The Balaban J connectivity index is 1.54. The van der Waals surface area contributed by atoms with E-state index in [-0.39, 0.29) is 24.0 Å². The zero-order valence-electron chi connectivity index (χ0n) is 13.5. The fraction of sp³-hybridized carbons (Fsp3) is 0.632. The number of fused-ring (bicyclic) bond motifs is 1. The van der Waals surface area contributed by atoms with Crippen molar-refractivity contribution in [3.8, 4) is 5.75 Å². The summed E-state index contributed by atoms with van der Waals surface area (Å²) in [5, 5.41) is 13.0. The number of ether oxygens (including phenoxy) is 1. The minimum absolute atomic E-state index is 0.0254. The molecule has 3 aliphatic rings. The third-order valence-corrected chi connectivity index (χ3v) is 5.72. The second kappa shape index (κ2) is 6.16. The Morgan fingerprint density at radius 1 is 1.26 bits per heavy atom. The number of aliphatic hydroxyl groups excluding tert-OH is 1. The summed E-state index contributed by atoms with van der Waals surface area (Å²) in [7, 11) is 0. The van der Waals surface area contributed by atoms with E-state index in [1.54, 1.807) is 0 Å². The van der Waals surface area contributed by atoms with E-state index in [9.17, 15) is 9.90 Å². The molecule has 2 fully saturated rings. The molecule has 1 aromatic rings. The van der Waals surface area contributed by atoms with Gasteiger partial charge in [0.2, 0.25) is 5.91 Å². The van der Waals surface area contributed by atoms with Gasteiger partial charge in [-0.05, 0) is 54.9 Å². The van der Waals surface area contributed by atoms with Gasteiger partial charge in [-0.2, -0.15) is 0 Å². The molecule has 0 spiro atoms. The number of nitrogens with one attached hydrogen (secondary N) is 1. The van der Waals surface area contributed by atoms with Crippen molar-refractivity contribution in [1.29, 1.82) is 0 Å². The molecule has 0 radical (unpaired) electrons. The molecular formula is C19H25NO3. The standard InChI is InChI=1S/C19H25NO3/c21-16-10-15(11-16)18(20-19(22)12-3-1-2-4-12)14-5-6-17-13(9-14)7-8-23-17/h5-6,9,12,15-16,18,21H,1-4,7-8,10-11H2,(H,20,22)/t15?,16?,18-/m1/s1. The molecule has 0 unspecified atom stereocenters. The summed E-state index contributed by atoms with van der Waals surface area (Å²) in [6, 6.07) is 6.32. The highest BCUT2D eigenvalue weighted by Crippen LogP contribution is 2.40. The predicted octanol–water partition coefficient (Wildman–Crippen LogP) is 2.74. The molecule has 0 saturated heterocycles. The average Bonchev–Trinajstić information content (AvgIpc) is 3.19. The first-order chi connectivity index (χ1) is 11.2. The monoisotopic (exact) mass is 315 g/mol. The second-order valence-electron chi connectivity index (χ2n) is 7.32. The first-order valence-electron chi connectivity index (χ1n) is 8.95. The van der Waals surface area contributed by atoms with Crippen LogP contribution < -0.4 is 10.1 Å². The number of carbonyl (C=O) groups excluding carboxylic acids is 1. The number of benzene rings is 1. The Bertz CT molecular complexity index is 588. The fourth-order valence-corrected chi connectivity index (χ4v) is 4.23. The lowest BCUT2D eigenvalue weighted by Crippen LogP contribution is -2.43. The van der Waals surface area contributed by atoms with Crippen LogP contribution in [0, 0.1) is 11.8 Å². The first kappa shape index (κ1) is 15.0. The van der Waals surface area contributed by atoms with Gasteiger partial charge in [0.05, 0.1) is 18.8 Å². The first-order valence-corrected chi connectivity index (χ1v) is 8.95. The van der Waals surface area contributed by atoms with Crippen LogP contribution >= 0.6 is 0 Å². The minimum atomic E-state index is -0.205. The van der Waals surface area contributed by atoms with Gasteiger partial charge in [-0.15, -0.1) is 0 Å². The van der Waals surface area contributed by atoms with Crippen LogP contribution in [0.4, 0.5) is 0 Å². The molecule has 4 nitrogen and oxygen atoms in total. The van der Waals surface area contributed by atoms with E-state index < -0.39 is 0 Å². The van der Waals surface area contributed by atoms with Crippen LogP contribution in [0.5, 0.6) is 5.75 Å². The van der Waals surface area contributed by atoms with Crippen molar-refractivity contribution in [3.05, 3.63) is 29.3 Å². The van der Waals surface area contributed by atoms with Crippen molar-refractivity contribution in [1.82, 2.24) is 5.32 Å². The third kappa shape index (κ3) is 2.97. The van der Waals surface area contributed by atoms with Crippen LogP contribution in [0.25, 0.3) is 0 Å². The molecule has 23 heavy (non-hydrogen) atoms. The maximum atomic E-state index is 12.6. The van der Waals surface area contributed by atoms with Crippen molar-refractivity contribution in [2.45, 2.75) is 57.1 Å². The van der Waals surface area contributed by atoms with Crippen LogP contribution in [0.15, 0.2) is 18.2 Å². The van der Waals surface area contributed by atoms with E-state index >= 15 is 0 Å². The van der Waals surface area contributed by atoms with Gasteiger partial charge in [-0.25, -0.2) is 0 Å². The van der Waals surface area contributed by atoms with Gasteiger partial charge in [0, 0.05) is 12.3 Å². The Morgan fingerprint density at radius 2 is 2.04 bits per heavy atom. The SMILES string of the molecule is O=C(N[C@H](c1ccc2c(c1)CCO2)C1CC(O)C1)C1CCCC1. The molecule has 124 valence electrons. The number of rotatable bonds is 4. The van der Waals surface area contributed by atoms with Crippen molar-refractivity contribution < 1.29 is 14.6 Å². The van der Waals surface area contributed by atoms with Crippen LogP contribution in [0.1, 0.15) is 55.7 Å². The maximum Gasteiger partial charge on any atom is 0.223 e. The number of hydrogen-bond acceptors (Lipinski definition) is 3. The molecule has 2 N–H and O–H groups in total. The molecule has 1 amide bonds. The van der Waals surface area contributed by atoms with Crippen molar-refractivity contribution in [2.24, 2.45) is 11.8 Å². The largest absolute Gasteiger partial charge is 0.493 e. The summed E-state index contributed by atoms with van der Waals surface area (Å²) >= 11 is 0. The van der Waals surface area contributed by atoms with Gasteiger partial charge in [-0.3, -0.25) is 4.79 Å². The van der Waals surface area contributed by atoms with E-state index in [0.29, 0.717) is 5.92 Å². The van der Waals surface area contributed by atoms with Gasteiger partial charge in [0.15, 0.2) is 0 Å². The average molecular weight is 315 g/mol. The van der Waals surface area contributed by atoms with Gasteiger partial charge < -0.3 is 15.2 Å². The smallest absolute Gasteiger partial charge is 0.223 e. The van der Waals surface area contributed by atoms with Crippen LogP contribution in [0.3, 0.4) is 0 Å². The predicted molar refractivity (Wildman–Crippen MR) is 87.2 cm³/mol. The molecule has 1 atom stereocenters. The summed E-state index contributed by atoms with van der Waals surface area (Å²) in [5.41, 5.74) is 2.40. The maximum absolute atomic E-state index is 12.6. The van der Waals surface area contributed by atoms with Gasteiger partial charge in [0.1, 0.15) is 5.75 Å². The minimum Gasteiger partial charge on any atom is -0.493 e. The van der Waals surface area contributed by atoms with Gasteiger partial charge in [0.25, 0.3) is 0 Å². The highest BCUT2D eigenvalue weighted by Gasteiger charge is 2.37. The van der Waals surface area contributed by atoms with Gasteiger partial charge in [-0.1, -0.05) is 18.9 Å². The van der Waals surface area contributed by atoms with Crippen molar-refractivity contribution in [2.75, 3.05) is 6.61 Å². The Morgan fingerprint density at radius 3 is 2.78 bits per heavy atom. The topological polar surface area (TPSA) is 58.6 Å². The van der Waals surface area contributed by atoms with Crippen molar-refractivity contribution in [3.63, 3.8) is 0 Å². The zero-order valence-corrected chi connectivity index (χ0v) is 13.5. The quantitative estimate of drug-likeness (QED) is 0.898. The Kier molecular flexibility index (Phi) is 4.02. The van der Waals surface area contributed by atoms with Crippen molar-refractivity contribution >= 4 is 5.91 Å². The Labute approximate surface area is 137 Å². The molecular weight excluding hydrogens is 290 g/mol. The molecule has 2 aliphatic carbocycles. The van der Waals surface area contributed by atoms with E-state index in [0.717, 1.165) is 50.0 Å². The molecule has 1 heterocycles. The molecule has 1 aromatic carbocycles. The highest BCUT2D eigenvalue weighted by atomic mass is 16.5. The zero-order chi connectivity index (χ0) is 15.8. The summed E-state index contributed by atoms with van der Waals surface area (Å²) in [5.74, 6) is 1.70. The fourth-order valence-electron chi connectivity index (χ4n) is 4.23. The summed E-state index contributed by atoms with van der Waals surface area (Å²) in [6.45, 7) is 0.750. The summed E-state index contributed by atoms with van der Waals surface area (Å²) in [4.78, 5) is 12.6. The summed E-state index contributed by atoms with van der Waals surface area (Å²) < 4.78 is 5.59. The van der Waals surface area contributed by atoms with Gasteiger partial charge >= 0.3 is 0 Å². The number of hydrogen-bond donors (Lipinski definition) is 2. The van der Waals surface area contributed by atoms with E-state index in [1.165, 1.54) is 18.4 Å². The van der Waals surface area contributed by atoms with E-state index in [4.69, 9.17) is 4.74 Å². The summed E-state index contributed by atoms with van der Waals surface area (Å²) in [6.07, 6.45) is 6.67. The molecule has 0 bridgehead atoms. The Hall–Kier alpha value is -1.55. The highest BCUT2D eigenvalue weighted by molar-refractivity contribution is 5.79. The number of carbonyl (C=O) groups is 1. The molecule has 4 heteroatoms. The second-order valence-corrected chi connectivity index (χ2v) is 7.32. The lowest BCUT2D eigenvalue weighted by molar-refractivity contribution is -0.126. The third-order valence-electron chi connectivity index (χ3n) is 5.72. The lowest BCUT2D eigenvalue weighted by atomic mass is 9.74. The van der Waals surface area contributed by atoms with E-state index in [2.05, 4.69) is 17.4 Å². The number of aliphatic hydroxyl groups is 1. The van der Waals surface area contributed by atoms with Crippen LogP contribution in [-0.2, 0) is 11.2 Å². The molecule has 4 rings (SSSR count).